The molecule has 0 aliphatic rings. The first-order chi connectivity index (χ1) is 15.4. The lowest BCUT2D eigenvalue weighted by Gasteiger charge is -2.12. The van der Waals surface area contributed by atoms with Crippen molar-refractivity contribution in [2.24, 2.45) is 0 Å². The largest absolute Gasteiger partial charge is 0.496 e. The molecule has 3 aromatic heterocycles. The van der Waals surface area contributed by atoms with Gasteiger partial charge in [-0.3, -0.25) is 9.55 Å². The predicted octanol–water partition coefficient (Wildman–Crippen LogP) is 5.51. The second kappa shape index (κ2) is 7.69. The number of halogens is 2. The van der Waals surface area contributed by atoms with Gasteiger partial charge in [0.1, 0.15) is 11.5 Å². The molecule has 2 aromatic carbocycles. The van der Waals surface area contributed by atoms with Crippen LogP contribution in [0.1, 0.15) is 17.0 Å². The molecular formula is C23H18Cl2N4O3. The lowest BCUT2D eigenvalue weighted by atomic mass is 10.0. The number of H-pyrrole nitrogens is 1. The number of nitrogens with zero attached hydrogens (tertiary/aromatic N) is 3. The van der Waals surface area contributed by atoms with E-state index in [4.69, 9.17) is 32.5 Å². The number of pyridine rings is 1. The highest BCUT2D eigenvalue weighted by Gasteiger charge is 2.20. The Labute approximate surface area is 192 Å². The normalized spacial score (nSPS) is 11.5. The summed E-state index contributed by atoms with van der Waals surface area (Å²) in [4.78, 5) is 20.3. The summed E-state index contributed by atoms with van der Waals surface area (Å²) >= 11 is 12.4. The average molecular weight is 469 g/mol. The second-order valence-electron chi connectivity index (χ2n) is 7.54. The molecule has 0 saturated heterocycles. The minimum atomic E-state index is -0.255. The molecule has 1 N–H and O–H groups in total. The zero-order valence-corrected chi connectivity index (χ0v) is 19.0. The van der Waals surface area contributed by atoms with Crippen LogP contribution in [0.5, 0.6) is 5.75 Å². The lowest BCUT2D eigenvalue weighted by molar-refractivity contribution is 0.393. The van der Waals surface area contributed by atoms with Crippen molar-refractivity contribution in [2.75, 3.05) is 7.11 Å². The molecule has 0 unspecified atom stereocenters. The number of hydrogen-bond donors (Lipinski definition) is 1. The van der Waals surface area contributed by atoms with Gasteiger partial charge in [0.15, 0.2) is 0 Å². The van der Waals surface area contributed by atoms with Gasteiger partial charge < -0.3 is 14.2 Å². The molecule has 3 heterocycles. The van der Waals surface area contributed by atoms with E-state index >= 15 is 0 Å². The van der Waals surface area contributed by atoms with Crippen molar-refractivity contribution < 1.29 is 9.26 Å². The van der Waals surface area contributed by atoms with Crippen LogP contribution in [0.25, 0.3) is 33.1 Å². The molecule has 162 valence electrons. The number of aryl methyl sites for hydroxylation is 2. The molecule has 0 fully saturated rings. The zero-order valence-electron chi connectivity index (χ0n) is 17.5. The third kappa shape index (κ3) is 3.25. The monoisotopic (exact) mass is 468 g/mol. The number of methoxy groups -OCH3 is 1. The van der Waals surface area contributed by atoms with Gasteiger partial charge in [0, 0.05) is 21.0 Å². The third-order valence-corrected chi connectivity index (χ3v) is 6.15. The van der Waals surface area contributed by atoms with Gasteiger partial charge in [-0.25, -0.2) is 4.79 Å². The van der Waals surface area contributed by atoms with Gasteiger partial charge in [-0.2, -0.15) is 0 Å². The molecule has 0 amide bonds. The number of ether oxygens (including phenoxy) is 1. The van der Waals surface area contributed by atoms with Crippen LogP contribution in [-0.2, 0) is 6.54 Å². The molecular weight excluding hydrogens is 451 g/mol. The number of nitrogens with one attached hydrogen (secondary N) is 1. The van der Waals surface area contributed by atoms with Crippen molar-refractivity contribution >= 4 is 45.1 Å². The molecule has 0 atom stereocenters. The van der Waals surface area contributed by atoms with Crippen LogP contribution in [0.2, 0.25) is 10.0 Å². The number of benzene rings is 2. The van der Waals surface area contributed by atoms with Gasteiger partial charge in [-0.15, -0.1) is 0 Å². The Morgan fingerprint density at radius 1 is 1.19 bits per heavy atom. The number of rotatable bonds is 4. The zero-order chi connectivity index (χ0) is 22.6. The maximum atomic E-state index is 12.8. The summed E-state index contributed by atoms with van der Waals surface area (Å²) < 4.78 is 12.7. The van der Waals surface area contributed by atoms with E-state index in [1.807, 2.05) is 32.0 Å². The Balaban J connectivity index is 1.77. The highest BCUT2D eigenvalue weighted by molar-refractivity contribution is 6.35. The van der Waals surface area contributed by atoms with Gasteiger partial charge in [-0.05, 0) is 43.7 Å². The minimum Gasteiger partial charge on any atom is -0.496 e. The number of hydrogen-bond acceptors (Lipinski definition) is 5. The summed E-state index contributed by atoms with van der Waals surface area (Å²) in [7, 11) is 1.61. The molecule has 0 aliphatic heterocycles. The molecule has 32 heavy (non-hydrogen) atoms. The van der Waals surface area contributed by atoms with E-state index in [1.54, 1.807) is 30.0 Å². The standard InChI is InChI=1S/C23H18Cl2N4O3/c1-11-21(12(2)32-28-11)16-7-18-15(8-20(16)31-3)22-19(9-26-18)27-23(30)29(22)10-13-4-5-14(24)6-17(13)25/h4-9H,10H2,1-3H3,(H,27,30). The maximum absolute atomic E-state index is 12.8. The molecule has 5 rings (SSSR count). The van der Waals surface area contributed by atoms with Gasteiger partial charge in [0.2, 0.25) is 0 Å². The van der Waals surface area contributed by atoms with Crippen molar-refractivity contribution in [3.8, 4) is 16.9 Å². The van der Waals surface area contributed by atoms with Gasteiger partial charge >= 0.3 is 5.69 Å². The summed E-state index contributed by atoms with van der Waals surface area (Å²) in [5.74, 6) is 1.32. The van der Waals surface area contributed by atoms with E-state index in [0.717, 1.165) is 33.3 Å². The topological polar surface area (TPSA) is 85.9 Å². The van der Waals surface area contributed by atoms with E-state index in [-0.39, 0.29) is 12.2 Å². The fourth-order valence-corrected chi connectivity index (χ4v) is 4.54. The summed E-state index contributed by atoms with van der Waals surface area (Å²) in [5.41, 5.74) is 5.03. The van der Waals surface area contributed by atoms with E-state index < -0.39 is 0 Å². The molecule has 9 heteroatoms. The van der Waals surface area contributed by atoms with Crippen molar-refractivity contribution in [2.45, 2.75) is 20.4 Å². The molecule has 0 aliphatic carbocycles. The molecule has 0 saturated carbocycles. The summed E-state index contributed by atoms with van der Waals surface area (Å²) in [6.45, 7) is 4.02. The Bertz CT molecular complexity index is 1550. The van der Waals surface area contributed by atoms with Crippen LogP contribution >= 0.6 is 23.2 Å². The number of imidazole rings is 1. The summed E-state index contributed by atoms with van der Waals surface area (Å²) in [6, 6.07) is 9.05. The van der Waals surface area contributed by atoms with Crippen LogP contribution in [-0.4, -0.2) is 26.8 Å². The Morgan fingerprint density at radius 3 is 2.69 bits per heavy atom. The van der Waals surface area contributed by atoms with Crippen LogP contribution in [0.4, 0.5) is 0 Å². The Kier molecular flexibility index (Phi) is 4.95. The van der Waals surface area contributed by atoms with Crippen LogP contribution in [0.15, 0.2) is 45.8 Å². The van der Waals surface area contributed by atoms with E-state index in [1.165, 1.54) is 0 Å². The first kappa shape index (κ1) is 20.6. The average Bonchev–Trinajstić information content (AvgIpc) is 3.27. The predicted molar refractivity (Wildman–Crippen MR) is 125 cm³/mol. The van der Waals surface area contributed by atoms with Crippen molar-refractivity contribution in [3.05, 3.63) is 74.1 Å². The summed E-state index contributed by atoms with van der Waals surface area (Å²) in [5, 5.41) is 5.86. The van der Waals surface area contributed by atoms with Crippen LogP contribution < -0.4 is 10.4 Å². The maximum Gasteiger partial charge on any atom is 0.326 e. The smallest absolute Gasteiger partial charge is 0.326 e. The minimum absolute atomic E-state index is 0.255. The van der Waals surface area contributed by atoms with Crippen LogP contribution in [0.3, 0.4) is 0 Å². The highest BCUT2D eigenvalue weighted by Crippen LogP contribution is 2.38. The fourth-order valence-electron chi connectivity index (χ4n) is 4.07. The number of aromatic nitrogens is 4. The Hall–Kier alpha value is -3.29. The van der Waals surface area contributed by atoms with Crippen molar-refractivity contribution in [3.63, 3.8) is 0 Å². The quantitative estimate of drug-likeness (QED) is 0.375. The molecule has 5 aromatic rings. The first-order valence-electron chi connectivity index (χ1n) is 9.83. The fraction of sp³-hybridized carbons (Fsp3) is 0.174. The number of aromatic amines is 1. The van der Waals surface area contributed by atoms with E-state index in [0.29, 0.717) is 32.6 Å². The van der Waals surface area contributed by atoms with E-state index in [9.17, 15) is 4.79 Å². The van der Waals surface area contributed by atoms with Gasteiger partial charge in [0.25, 0.3) is 0 Å². The first-order valence-corrected chi connectivity index (χ1v) is 10.6. The van der Waals surface area contributed by atoms with E-state index in [2.05, 4.69) is 15.1 Å². The third-order valence-electron chi connectivity index (χ3n) is 5.56. The van der Waals surface area contributed by atoms with Gasteiger partial charge in [0.05, 0.1) is 47.7 Å². The lowest BCUT2D eigenvalue weighted by Crippen LogP contribution is -2.17. The summed E-state index contributed by atoms with van der Waals surface area (Å²) in [6.07, 6.45) is 1.66. The number of fused-ring (bicyclic) bond motifs is 3. The van der Waals surface area contributed by atoms with Gasteiger partial charge in [-0.1, -0.05) is 34.4 Å². The highest BCUT2D eigenvalue weighted by atomic mass is 35.5. The molecule has 0 bridgehead atoms. The SMILES string of the molecule is COc1cc2c(cc1-c1c(C)noc1C)ncc1[nH]c(=O)n(Cc3ccc(Cl)cc3Cl)c12. The molecule has 7 nitrogen and oxygen atoms in total. The molecule has 0 radical (unpaired) electrons. The van der Waals surface area contributed by atoms with Crippen molar-refractivity contribution in [1.82, 2.24) is 19.7 Å². The van der Waals surface area contributed by atoms with Crippen molar-refractivity contribution in [1.29, 1.82) is 0 Å². The molecule has 0 spiro atoms. The van der Waals surface area contributed by atoms with Crippen LogP contribution in [0, 0.1) is 13.8 Å². The Morgan fingerprint density at radius 2 is 2.00 bits per heavy atom. The second-order valence-corrected chi connectivity index (χ2v) is 8.38.